The van der Waals surface area contributed by atoms with Gasteiger partial charge in [-0.2, -0.15) is 0 Å². The minimum Gasteiger partial charge on any atom is -0.494 e. The van der Waals surface area contributed by atoms with Gasteiger partial charge in [0.05, 0.1) is 17.3 Å². The molecule has 0 atom stereocenters. The summed E-state index contributed by atoms with van der Waals surface area (Å²) in [5, 5.41) is 15.2. The maximum atomic E-state index is 10.6. The highest BCUT2D eigenvalue weighted by Gasteiger charge is 2.05. The summed E-state index contributed by atoms with van der Waals surface area (Å²) in [4.78, 5) is 9.86. The van der Waals surface area contributed by atoms with Crippen molar-refractivity contribution in [3.05, 3.63) is 34.4 Å². The van der Waals surface area contributed by atoms with Crippen molar-refractivity contribution in [2.75, 3.05) is 12.4 Å². The molecule has 1 rings (SSSR count). The van der Waals surface area contributed by atoms with Gasteiger partial charge in [-0.1, -0.05) is 0 Å². The average Bonchev–Trinajstić information content (AvgIpc) is 2.24. The van der Waals surface area contributed by atoms with Crippen LogP contribution in [0.5, 0.6) is 5.75 Å². The van der Waals surface area contributed by atoms with Crippen LogP contribution in [-0.4, -0.2) is 25.7 Å². The molecule has 0 aliphatic rings. The fourth-order valence-corrected chi connectivity index (χ4v) is 1.63. The highest BCUT2D eigenvalue weighted by molar-refractivity contribution is 7.89. The lowest BCUT2D eigenvalue weighted by Crippen LogP contribution is -2.18. The molecule has 8 heteroatoms. The number of nitrogens with two attached hydrogens (primary N) is 1. The van der Waals surface area contributed by atoms with Crippen LogP contribution in [0, 0.1) is 10.1 Å². The lowest BCUT2D eigenvalue weighted by Gasteiger charge is -2.04. The maximum Gasteiger partial charge on any atom is 0.269 e. The molecule has 0 radical (unpaired) electrons. The molecule has 0 unspecified atom stereocenters. The van der Waals surface area contributed by atoms with Crippen LogP contribution in [-0.2, 0) is 10.0 Å². The van der Waals surface area contributed by atoms with Crippen LogP contribution in [0.2, 0.25) is 0 Å². The van der Waals surface area contributed by atoms with Gasteiger partial charge in [-0.15, -0.1) is 0 Å². The molecule has 0 saturated heterocycles. The number of nitro groups is 1. The number of sulfonamides is 1. The second kappa shape index (κ2) is 5.60. The van der Waals surface area contributed by atoms with Crippen LogP contribution in [0.4, 0.5) is 5.69 Å². The van der Waals surface area contributed by atoms with Crippen molar-refractivity contribution >= 4 is 15.7 Å². The van der Waals surface area contributed by atoms with Gasteiger partial charge in [0, 0.05) is 12.1 Å². The molecule has 0 spiro atoms. The molecule has 0 saturated carbocycles. The molecule has 0 aliphatic heterocycles. The van der Waals surface area contributed by atoms with Crippen LogP contribution in [0.3, 0.4) is 0 Å². The second-order valence-electron chi connectivity index (χ2n) is 3.32. The van der Waals surface area contributed by atoms with Crippen LogP contribution >= 0.6 is 0 Å². The van der Waals surface area contributed by atoms with Gasteiger partial charge in [0.2, 0.25) is 10.0 Å². The minimum absolute atomic E-state index is 0.0260. The van der Waals surface area contributed by atoms with Crippen molar-refractivity contribution in [3.63, 3.8) is 0 Å². The zero-order valence-electron chi connectivity index (χ0n) is 8.90. The molecule has 0 fully saturated rings. The number of nitrogens with zero attached hydrogens (tertiary/aromatic N) is 1. The van der Waals surface area contributed by atoms with E-state index >= 15 is 0 Å². The Morgan fingerprint density at radius 1 is 1.29 bits per heavy atom. The maximum absolute atomic E-state index is 10.6. The first kappa shape index (κ1) is 13.4. The molecule has 1 aromatic rings. The van der Waals surface area contributed by atoms with Gasteiger partial charge in [0.25, 0.3) is 5.69 Å². The number of non-ortho nitro benzene ring substituents is 1. The summed E-state index contributed by atoms with van der Waals surface area (Å²) >= 11 is 0. The fourth-order valence-electron chi connectivity index (χ4n) is 1.11. The van der Waals surface area contributed by atoms with E-state index in [-0.39, 0.29) is 24.5 Å². The third-order valence-corrected chi connectivity index (χ3v) is 2.75. The van der Waals surface area contributed by atoms with Crippen molar-refractivity contribution in [1.29, 1.82) is 0 Å². The summed E-state index contributed by atoms with van der Waals surface area (Å²) in [6, 6.07) is 5.54. The topological polar surface area (TPSA) is 113 Å². The van der Waals surface area contributed by atoms with Crippen LogP contribution in [0.25, 0.3) is 0 Å². The first-order chi connectivity index (χ1) is 7.88. The van der Waals surface area contributed by atoms with Gasteiger partial charge in [0.1, 0.15) is 5.75 Å². The van der Waals surface area contributed by atoms with Crippen molar-refractivity contribution < 1.29 is 18.1 Å². The van der Waals surface area contributed by atoms with Crippen LogP contribution in [0.15, 0.2) is 24.3 Å². The number of primary sulfonamides is 1. The number of hydrogen-bond donors (Lipinski definition) is 1. The first-order valence-corrected chi connectivity index (χ1v) is 6.48. The monoisotopic (exact) mass is 260 g/mol. The Labute approximate surface area is 98.4 Å². The summed E-state index contributed by atoms with van der Waals surface area (Å²) in [5.74, 6) is 0.296. The third-order valence-electron chi connectivity index (χ3n) is 1.89. The highest BCUT2D eigenvalue weighted by Crippen LogP contribution is 2.17. The molecule has 94 valence electrons. The Bertz CT molecular complexity index is 483. The first-order valence-electron chi connectivity index (χ1n) is 4.76. The summed E-state index contributed by atoms with van der Waals surface area (Å²) in [5.41, 5.74) is -0.0260. The van der Waals surface area contributed by atoms with E-state index in [1.165, 1.54) is 24.3 Å². The predicted octanol–water partition coefficient (Wildman–Crippen LogP) is 0.652. The van der Waals surface area contributed by atoms with E-state index in [1.807, 2.05) is 0 Å². The van der Waals surface area contributed by atoms with Crippen LogP contribution in [0.1, 0.15) is 6.42 Å². The third kappa shape index (κ3) is 5.27. The molecule has 0 bridgehead atoms. The predicted molar refractivity (Wildman–Crippen MR) is 61.2 cm³/mol. The van der Waals surface area contributed by atoms with E-state index in [0.29, 0.717) is 5.75 Å². The van der Waals surface area contributed by atoms with Crippen molar-refractivity contribution in [2.45, 2.75) is 6.42 Å². The van der Waals surface area contributed by atoms with Crippen molar-refractivity contribution in [3.8, 4) is 5.75 Å². The Balaban J connectivity index is 2.40. The summed E-state index contributed by atoms with van der Waals surface area (Å²) in [7, 11) is -3.47. The molecule has 7 nitrogen and oxygen atoms in total. The number of ether oxygens (including phenoxy) is 1. The SMILES string of the molecule is NS(=O)(=O)CCCOc1ccc([N+](=O)[O-])cc1. The zero-order chi connectivity index (χ0) is 12.9. The van der Waals surface area contributed by atoms with E-state index in [1.54, 1.807) is 0 Å². The average molecular weight is 260 g/mol. The Hall–Kier alpha value is -1.67. The number of nitro benzene ring substituents is 1. The molecule has 0 aromatic heterocycles. The van der Waals surface area contributed by atoms with Gasteiger partial charge in [-0.3, -0.25) is 10.1 Å². The van der Waals surface area contributed by atoms with Gasteiger partial charge >= 0.3 is 0 Å². The molecule has 0 heterocycles. The van der Waals surface area contributed by atoms with Gasteiger partial charge < -0.3 is 4.74 Å². The normalized spacial score (nSPS) is 11.1. The molecule has 0 aliphatic carbocycles. The highest BCUT2D eigenvalue weighted by atomic mass is 32.2. The van der Waals surface area contributed by atoms with Gasteiger partial charge in [-0.05, 0) is 18.6 Å². The van der Waals surface area contributed by atoms with Gasteiger partial charge in [-0.25, -0.2) is 13.6 Å². The summed E-state index contributed by atoms with van der Waals surface area (Å²) in [6.45, 7) is 0.189. The zero-order valence-corrected chi connectivity index (χ0v) is 9.72. The molecular formula is C9H12N2O5S. The lowest BCUT2D eigenvalue weighted by atomic mass is 10.3. The lowest BCUT2D eigenvalue weighted by molar-refractivity contribution is -0.384. The molecule has 17 heavy (non-hydrogen) atoms. The fraction of sp³-hybridized carbons (Fsp3) is 0.333. The number of hydrogen-bond acceptors (Lipinski definition) is 5. The molecule has 1 aromatic carbocycles. The minimum atomic E-state index is -3.47. The molecular weight excluding hydrogens is 248 g/mol. The summed E-state index contributed by atoms with van der Waals surface area (Å²) < 4.78 is 26.4. The van der Waals surface area contributed by atoms with E-state index in [2.05, 4.69) is 0 Å². The standard InChI is InChI=1S/C9H12N2O5S/c10-17(14,15)7-1-6-16-9-4-2-8(3-5-9)11(12)13/h2-5H,1,6-7H2,(H2,10,14,15). The van der Waals surface area contributed by atoms with E-state index < -0.39 is 14.9 Å². The second-order valence-corrected chi connectivity index (χ2v) is 5.05. The molecule has 0 amide bonds. The number of benzene rings is 1. The largest absolute Gasteiger partial charge is 0.494 e. The van der Waals surface area contributed by atoms with E-state index in [9.17, 15) is 18.5 Å². The Kier molecular flexibility index (Phi) is 4.41. The van der Waals surface area contributed by atoms with Crippen LogP contribution < -0.4 is 9.88 Å². The van der Waals surface area contributed by atoms with Crippen molar-refractivity contribution in [2.24, 2.45) is 5.14 Å². The van der Waals surface area contributed by atoms with E-state index in [4.69, 9.17) is 9.88 Å². The molecule has 2 N–H and O–H groups in total. The quantitative estimate of drug-likeness (QED) is 0.458. The smallest absolute Gasteiger partial charge is 0.269 e. The Morgan fingerprint density at radius 3 is 2.35 bits per heavy atom. The van der Waals surface area contributed by atoms with E-state index in [0.717, 1.165) is 0 Å². The van der Waals surface area contributed by atoms with Gasteiger partial charge in [0.15, 0.2) is 0 Å². The Morgan fingerprint density at radius 2 is 1.88 bits per heavy atom. The summed E-state index contributed by atoms with van der Waals surface area (Å²) in [6.07, 6.45) is 0.274. The number of rotatable bonds is 6. The van der Waals surface area contributed by atoms with Crippen molar-refractivity contribution in [1.82, 2.24) is 0 Å².